The third kappa shape index (κ3) is 4.95. The van der Waals surface area contributed by atoms with Crippen molar-refractivity contribution in [3.63, 3.8) is 0 Å². The predicted molar refractivity (Wildman–Crippen MR) is 92.9 cm³/mol. The first-order valence-corrected chi connectivity index (χ1v) is 9.87. The van der Waals surface area contributed by atoms with Crippen molar-refractivity contribution in [2.75, 3.05) is 15.8 Å². The van der Waals surface area contributed by atoms with Crippen LogP contribution in [0.5, 0.6) is 11.5 Å². The highest BCUT2D eigenvalue weighted by Crippen LogP contribution is 2.46. The van der Waals surface area contributed by atoms with Crippen LogP contribution in [0.3, 0.4) is 0 Å². The molecule has 0 fully saturated rings. The van der Waals surface area contributed by atoms with Gasteiger partial charge < -0.3 is 14.3 Å². The molecule has 1 heterocycles. The monoisotopic (exact) mass is 435 g/mol. The van der Waals surface area contributed by atoms with Crippen molar-refractivity contribution in [3.05, 3.63) is 30.1 Å². The summed E-state index contributed by atoms with van der Waals surface area (Å²) in [5, 5.41) is 10.7. The van der Waals surface area contributed by atoms with Crippen molar-refractivity contribution in [2.45, 2.75) is 13.3 Å². The molecule has 0 aliphatic carbocycles. The molecule has 2 rings (SSSR count). The molecule has 0 bridgehead atoms. The Labute approximate surface area is 152 Å². The molecule has 0 unspecified atom stereocenters. The second-order valence-electron chi connectivity index (χ2n) is 5.00. The van der Waals surface area contributed by atoms with E-state index in [1.165, 1.54) is 12.1 Å². The van der Waals surface area contributed by atoms with Gasteiger partial charge in [-0.2, -0.15) is 0 Å². The smallest absolute Gasteiger partial charge is 0.308 e. The van der Waals surface area contributed by atoms with Crippen LogP contribution in [0.4, 0.5) is 10.3 Å². The Hall–Kier alpha value is -2.07. The average Bonchev–Trinajstić information content (AvgIpc) is 2.82. The number of aromatic hydroxyl groups is 1. The standard InChI is InChI=1S/C15H15BrFNO6S/c1-9(19)23-14-12(20)13(10-3-5-11(17)6-4-10)24-15(14)18-25(21,22)8-2-7-16/h3-6,18,20H,2,7-8H2,1H3. The molecule has 10 heteroatoms. The van der Waals surface area contributed by atoms with Gasteiger partial charge in [-0.3, -0.25) is 4.79 Å². The van der Waals surface area contributed by atoms with Gasteiger partial charge in [0.2, 0.25) is 21.5 Å². The SMILES string of the molecule is CC(=O)Oc1c(NS(=O)(=O)CCCBr)oc(-c2ccc(F)cc2)c1O. The van der Waals surface area contributed by atoms with Crippen molar-refractivity contribution in [1.29, 1.82) is 0 Å². The quantitative estimate of drug-likeness (QED) is 0.510. The maximum absolute atomic E-state index is 13.0. The minimum Gasteiger partial charge on any atom is -0.502 e. The van der Waals surface area contributed by atoms with E-state index in [0.29, 0.717) is 11.8 Å². The fourth-order valence-electron chi connectivity index (χ4n) is 1.95. The number of nitrogens with one attached hydrogen (secondary N) is 1. The molecular weight excluding hydrogens is 421 g/mol. The Kier molecular flexibility index (Phi) is 6.07. The van der Waals surface area contributed by atoms with Crippen molar-refractivity contribution < 1.29 is 31.9 Å². The molecule has 0 amide bonds. The molecule has 0 aliphatic heterocycles. The Morgan fingerprint density at radius 1 is 1.36 bits per heavy atom. The molecule has 0 saturated heterocycles. The summed E-state index contributed by atoms with van der Waals surface area (Å²) in [5.41, 5.74) is 0.276. The molecule has 136 valence electrons. The van der Waals surface area contributed by atoms with Crippen LogP contribution in [-0.2, 0) is 14.8 Å². The number of carbonyl (C=O) groups is 1. The van der Waals surface area contributed by atoms with E-state index in [0.717, 1.165) is 19.1 Å². The zero-order valence-electron chi connectivity index (χ0n) is 13.1. The number of sulfonamides is 1. The summed E-state index contributed by atoms with van der Waals surface area (Å²) in [6.07, 6.45) is 0.343. The zero-order chi connectivity index (χ0) is 18.6. The number of halogens is 2. The van der Waals surface area contributed by atoms with Gasteiger partial charge in [-0.15, -0.1) is 0 Å². The lowest BCUT2D eigenvalue weighted by Gasteiger charge is -2.06. The predicted octanol–water partition coefficient (Wildman–Crippen LogP) is 3.24. The Morgan fingerprint density at radius 3 is 2.56 bits per heavy atom. The maximum atomic E-state index is 13.0. The summed E-state index contributed by atoms with van der Waals surface area (Å²) in [7, 11) is -3.78. The number of rotatable bonds is 7. The molecular formula is C15H15BrFNO6S. The highest BCUT2D eigenvalue weighted by atomic mass is 79.9. The van der Waals surface area contributed by atoms with Gasteiger partial charge in [-0.25, -0.2) is 17.5 Å². The third-order valence-corrected chi connectivity index (χ3v) is 4.87. The van der Waals surface area contributed by atoms with Crippen LogP contribution in [0.1, 0.15) is 13.3 Å². The molecule has 2 aromatic rings. The average molecular weight is 436 g/mol. The Morgan fingerprint density at radius 2 is 2.00 bits per heavy atom. The molecule has 0 saturated carbocycles. The Balaban J connectivity index is 2.45. The molecule has 0 atom stereocenters. The first kappa shape index (κ1) is 19.3. The van der Waals surface area contributed by atoms with Crippen molar-refractivity contribution in [2.24, 2.45) is 0 Å². The molecule has 25 heavy (non-hydrogen) atoms. The maximum Gasteiger partial charge on any atom is 0.308 e. The summed E-state index contributed by atoms with van der Waals surface area (Å²) in [5.74, 6) is -3.08. The van der Waals surface area contributed by atoms with E-state index < -0.39 is 39.2 Å². The fourth-order valence-corrected chi connectivity index (χ4v) is 3.64. The number of hydrogen-bond acceptors (Lipinski definition) is 6. The van der Waals surface area contributed by atoms with Crippen LogP contribution in [-0.4, -0.2) is 30.6 Å². The summed E-state index contributed by atoms with van der Waals surface area (Å²) >= 11 is 3.13. The molecule has 2 N–H and O–H groups in total. The number of carbonyl (C=O) groups excluding carboxylic acids is 1. The highest BCUT2D eigenvalue weighted by Gasteiger charge is 2.27. The van der Waals surface area contributed by atoms with Gasteiger partial charge in [0, 0.05) is 17.8 Å². The van der Waals surface area contributed by atoms with Gasteiger partial charge >= 0.3 is 5.97 Å². The van der Waals surface area contributed by atoms with Gasteiger partial charge in [-0.1, -0.05) is 15.9 Å². The van der Waals surface area contributed by atoms with Crippen LogP contribution >= 0.6 is 15.9 Å². The van der Waals surface area contributed by atoms with Gasteiger partial charge in [0.25, 0.3) is 5.88 Å². The van der Waals surface area contributed by atoms with E-state index in [2.05, 4.69) is 20.7 Å². The van der Waals surface area contributed by atoms with E-state index in [9.17, 15) is 22.7 Å². The second-order valence-corrected chi connectivity index (χ2v) is 7.64. The molecule has 1 aromatic carbocycles. The van der Waals surface area contributed by atoms with Crippen molar-refractivity contribution in [1.82, 2.24) is 0 Å². The summed E-state index contributed by atoms with van der Waals surface area (Å²) < 4.78 is 49.5. The second kappa shape index (κ2) is 7.87. The summed E-state index contributed by atoms with van der Waals surface area (Å²) in [4.78, 5) is 11.2. The van der Waals surface area contributed by atoms with Gasteiger partial charge in [0.05, 0.1) is 5.75 Å². The molecule has 7 nitrogen and oxygen atoms in total. The topological polar surface area (TPSA) is 106 Å². The summed E-state index contributed by atoms with van der Waals surface area (Å²) in [6.45, 7) is 1.09. The van der Waals surface area contributed by atoms with Crippen LogP contribution < -0.4 is 9.46 Å². The lowest BCUT2D eigenvalue weighted by atomic mass is 10.1. The zero-order valence-corrected chi connectivity index (χ0v) is 15.5. The number of alkyl halides is 1. The molecule has 1 aromatic heterocycles. The number of furan rings is 1. The summed E-state index contributed by atoms with van der Waals surface area (Å²) in [6, 6.07) is 4.94. The van der Waals surface area contributed by atoms with Gasteiger partial charge in [0.1, 0.15) is 5.82 Å². The van der Waals surface area contributed by atoms with E-state index >= 15 is 0 Å². The van der Waals surface area contributed by atoms with Gasteiger partial charge in [0.15, 0.2) is 5.76 Å². The van der Waals surface area contributed by atoms with Crippen molar-refractivity contribution >= 4 is 37.8 Å². The van der Waals surface area contributed by atoms with E-state index in [4.69, 9.17) is 9.15 Å². The first-order chi connectivity index (χ1) is 11.7. The number of ether oxygens (including phenoxy) is 1. The van der Waals surface area contributed by atoms with Crippen LogP contribution in [0, 0.1) is 5.82 Å². The molecule has 0 aliphatic rings. The highest BCUT2D eigenvalue weighted by molar-refractivity contribution is 9.09. The fraction of sp³-hybridized carbons (Fsp3) is 0.267. The molecule has 0 radical (unpaired) electrons. The number of benzene rings is 1. The van der Waals surface area contributed by atoms with E-state index in [1.807, 2.05) is 0 Å². The van der Waals surface area contributed by atoms with Crippen LogP contribution in [0.2, 0.25) is 0 Å². The molecule has 0 spiro atoms. The third-order valence-electron chi connectivity index (χ3n) is 2.99. The largest absolute Gasteiger partial charge is 0.502 e. The minimum absolute atomic E-state index is 0.158. The lowest BCUT2D eigenvalue weighted by Crippen LogP contribution is -2.17. The van der Waals surface area contributed by atoms with Crippen LogP contribution in [0.15, 0.2) is 28.7 Å². The minimum atomic E-state index is -3.78. The number of esters is 1. The number of anilines is 1. The van der Waals surface area contributed by atoms with Crippen molar-refractivity contribution in [3.8, 4) is 22.8 Å². The number of hydrogen-bond donors (Lipinski definition) is 2. The Bertz CT molecular complexity index is 863. The van der Waals surface area contributed by atoms with Crippen LogP contribution in [0.25, 0.3) is 11.3 Å². The van der Waals surface area contributed by atoms with E-state index in [1.54, 1.807) is 0 Å². The van der Waals surface area contributed by atoms with E-state index in [-0.39, 0.29) is 17.1 Å². The first-order valence-electron chi connectivity index (χ1n) is 7.10. The normalized spacial score (nSPS) is 11.3. The lowest BCUT2D eigenvalue weighted by molar-refractivity contribution is -0.131. The van der Waals surface area contributed by atoms with Gasteiger partial charge in [-0.05, 0) is 30.7 Å².